The maximum absolute atomic E-state index is 15.1. The van der Waals surface area contributed by atoms with Crippen LogP contribution in [0.3, 0.4) is 0 Å². The molecule has 7 rings (SSSR count). The molecule has 6 heterocycles. The lowest BCUT2D eigenvalue weighted by atomic mass is 10.1. The summed E-state index contributed by atoms with van der Waals surface area (Å²) in [7, 11) is 2.00. The molecule has 0 unspecified atom stereocenters. The minimum Gasteiger partial charge on any atom is -0.461 e. The predicted octanol–water partition coefficient (Wildman–Crippen LogP) is 1.36. The number of furan rings is 1. The van der Waals surface area contributed by atoms with E-state index in [2.05, 4.69) is 30.2 Å². The summed E-state index contributed by atoms with van der Waals surface area (Å²) in [6.45, 7) is 6.24. The molecule has 45 heavy (non-hydrogen) atoms. The number of hydrogen-bond acceptors (Lipinski definition) is 12. The Morgan fingerprint density at radius 3 is 2.69 bits per heavy atom. The molecule has 2 fully saturated rings. The van der Waals surface area contributed by atoms with Crippen molar-refractivity contribution in [1.29, 1.82) is 0 Å². The highest BCUT2D eigenvalue weighted by Gasteiger charge is 2.24. The summed E-state index contributed by atoms with van der Waals surface area (Å²) in [6, 6.07) is 8.53. The topological polar surface area (TPSA) is 152 Å². The van der Waals surface area contributed by atoms with Crippen LogP contribution < -0.4 is 20.8 Å². The number of nitrogens with one attached hydrogen (secondary N) is 1. The highest BCUT2D eigenvalue weighted by Crippen LogP contribution is 2.26. The smallest absolute Gasteiger partial charge is 0.309 e. The summed E-state index contributed by atoms with van der Waals surface area (Å²) >= 11 is 1.06. The van der Waals surface area contributed by atoms with Gasteiger partial charge in [0.05, 0.1) is 31.2 Å². The maximum Gasteiger partial charge on any atom is 0.309 e. The largest absolute Gasteiger partial charge is 0.461 e. The number of piperazine rings is 1. The minimum atomic E-state index is -0.421. The molecule has 0 saturated carbocycles. The molecule has 16 heteroatoms. The standard InChI is InChI=1S/C29H33FN10O4S/c1-36(19-16-43-17-19)7-6-32-27(41)18-4-5-21(20(30)15-18)38-11-8-37(9-12-38)10-13-39-25-23(45-29(39)42)26-33-24(22-3-2-14-44-22)35-40(26)28(31)34-25/h2-5,14-15,19H,6-13,16-17H2,1H3,(H2,31,34)(H,32,41). The summed E-state index contributed by atoms with van der Waals surface area (Å²) in [5, 5.41) is 7.27. The number of anilines is 2. The van der Waals surface area contributed by atoms with Crippen molar-refractivity contribution in [3.8, 4) is 11.6 Å². The number of carbonyl (C=O) groups is 1. The number of halogens is 1. The first kappa shape index (κ1) is 29.3. The number of thiazole rings is 1. The highest BCUT2D eigenvalue weighted by atomic mass is 32.1. The fourth-order valence-electron chi connectivity index (χ4n) is 5.60. The van der Waals surface area contributed by atoms with Crippen molar-refractivity contribution in [2.75, 3.05) is 76.7 Å². The predicted molar refractivity (Wildman–Crippen MR) is 167 cm³/mol. The van der Waals surface area contributed by atoms with Crippen molar-refractivity contribution < 1.29 is 18.3 Å². The van der Waals surface area contributed by atoms with Gasteiger partial charge in [-0.15, -0.1) is 5.10 Å². The zero-order valence-electron chi connectivity index (χ0n) is 24.7. The first-order valence-corrected chi connectivity index (χ1v) is 15.6. The van der Waals surface area contributed by atoms with Gasteiger partial charge in [-0.1, -0.05) is 11.3 Å². The quantitative estimate of drug-likeness (QED) is 0.229. The Balaban J connectivity index is 0.954. The first-order chi connectivity index (χ1) is 21.9. The number of nitrogens with zero attached hydrogens (tertiary/aromatic N) is 8. The maximum atomic E-state index is 15.1. The van der Waals surface area contributed by atoms with Crippen LogP contribution in [0.4, 0.5) is 16.0 Å². The lowest BCUT2D eigenvalue weighted by Gasteiger charge is -2.36. The van der Waals surface area contributed by atoms with Crippen molar-refractivity contribution in [2.24, 2.45) is 0 Å². The molecule has 3 N–H and O–H groups in total. The Bertz CT molecular complexity index is 1890. The summed E-state index contributed by atoms with van der Waals surface area (Å²) in [5.74, 6) is 0.265. The molecule has 1 aromatic carbocycles. The fourth-order valence-corrected chi connectivity index (χ4v) is 6.54. The number of rotatable bonds is 10. The Kier molecular flexibility index (Phi) is 7.95. The third-order valence-corrected chi connectivity index (χ3v) is 9.38. The van der Waals surface area contributed by atoms with Gasteiger partial charge in [0.25, 0.3) is 5.91 Å². The van der Waals surface area contributed by atoms with Crippen LogP contribution >= 0.6 is 11.3 Å². The molecule has 236 valence electrons. The molecule has 4 aromatic heterocycles. The molecule has 2 saturated heterocycles. The van der Waals surface area contributed by atoms with E-state index in [1.54, 1.807) is 28.8 Å². The third-order valence-electron chi connectivity index (χ3n) is 8.41. The molecule has 5 aromatic rings. The zero-order valence-corrected chi connectivity index (χ0v) is 25.5. The van der Waals surface area contributed by atoms with Gasteiger partial charge >= 0.3 is 4.87 Å². The monoisotopic (exact) mass is 636 g/mol. The van der Waals surface area contributed by atoms with E-state index in [0.717, 1.165) is 11.3 Å². The third kappa shape index (κ3) is 5.77. The van der Waals surface area contributed by atoms with Gasteiger partial charge in [-0.05, 0) is 37.4 Å². The second kappa shape index (κ2) is 12.2. The molecular formula is C29H33FN10O4S. The van der Waals surface area contributed by atoms with Gasteiger partial charge in [0.1, 0.15) is 10.5 Å². The number of amides is 1. The molecular weight excluding hydrogens is 603 g/mol. The molecule has 0 spiro atoms. The van der Waals surface area contributed by atoms with Gasteiger partial charge in [-0.25, -0.2) is 9.37 Å². The number of likely N-dealkylation sites (N-methyl/N-ethyl adjacent to an activating group) is 1. The molecule has 0 atom stereocenters. The molecule has 2 aliphatic rings. The molecule has 0 aliphatic carbocycles. The first-order valence-electron chi connectivity index (χ1n) is 14.8. The summed E-state index contributed by atoms with van der Waals surface area (Å²) < 4.78 is 29.4. The summed E-state index contributed by atoms with van der Waals surface area (Å²) in [4.78, 5) is 40.8. The van der Waals surface area contributed by atoms with E-state index in [1.165, 1.54) is 16.8 Å². The van der Waals surface area contributed by atoms with Crippen molar-refractivity contribution in [2.45, 2.75) is 12.6 Å². The molecule has 0 bridgehead atoms. The molecule has 2 aliphatic heterocycles. The van der Waals surface area contributed by atoms with E-state index in [9.17, 15) is 9.59 Å². The SMILES string of the molecule is CN(CCNC(=O)c1ccc(N2CCN(CCn3c(=O)sc4c3nc(N)n3nc(-c5ccco5)nc43)CC2)c(F)c1)C1COC1. The molecule has 1 amide bonds. The number of benzene rings is 1. The van der Waals surface area contributed by atoms with Crippen LogP contribution in [-0.2, 0) is 11.3 Å². The lowest BCUT2D eigenvalue weighted by molar-refractivity contribution is -0.0552. The van der Waals surface area contributed by atoms with Gasteiger partial charge < -0.3 is 25.1 Å². The van der Waals surface area contributed by atoms with Crippen LogP contribution in [-0.4, -0.2) is 112 Å². The number of fused-ring (bicyclic) bond motifs is 3. The van der Waals surface area contributed by atoms with Crippen LogP contribution in [0.2, 0.25) is 0 Å². The zero-order chi connectivity index (χ0) is 31.1. The van der Waals surface area contributed by atoms with Crippen molar-refractivity contribution in [3.63, 3.8) is 0 Å². The molecule has 0 radical (unpaired) electrons. The molecule has 14 nitrogen and oxygen atoms in total. The van der Waals surface area contributed by atoms with Gasteiger partial charge in [0.2, 0.25) is 11.8 Å². The van der Waals surface area contributed by atoms with Crippen molar-refractivity contribution in [1.82, 2.24) is 39.3 Å². The van der Waals surface area contributed by atoms with E-state index in [-0.39, 0.29) is 16.7 Å². The van der Waals surface area contributed by atoms with Gasteiger partial charge in [-0.3, -0.25) is 24.0 Å². The highest BCUT2D eigenvalue weighted by molar-refractivity contribution is 7.17. The Labute approximate surface area is 260 Å². The number of hydrogen-bond donors (Lipinski definition) is 2. The van der Waals surface area contributed by atoms with Crippen LogP contribution in [0.15, 0.2) is 45.8 Å². The minimum absolute atomic E-state index is 0.126. The number of carbonyl (C=O) groups excluding carboxylic acids is 1. The van der Waals surface area contributed by atoms with E-state index in [4.69, 9.17) is 14.9 Å². The van der Waals surface area contributed by atoms with Gasteiger partial charge in [0.15, 0.2) is 17.1 Å². The number of nitrogens with two attached hydrogens (primary N) is 1. The normalized spacial score (nSPS) is 16.2. The number of ether oxygens (including phenoxy) is 1. The van der Waals surface area contributed by atoms with E-state index in [0.29, 0.717) is 110 Å². The van der Waals surface area contributed by atoms with Crippen LogP contribution in [0.5, 0.6) is 0 Å². The van der Waals surface area contributed by atoms with Crippen LogP contribution in [0.1, 0.15) is 10.4 Å². The number of nitrogen functional groups attached to an aromatic ring is 1. The van der Waals surface area contributed by atoms with Crippen molar-refractivity contribution >= 4 is 44.9 Å². The number of aromatic nitrogens is 5. The fraction of sp³-hybridized carbons (Fsp3) is 0.414. The van der Waals surface area contributed by atoms with E-state index >= 15 is 4.39 Å². The van der Waals surface area contributed by atoms with E-state index in [1.807, 2.05) is 11.9 Å². The second-order valence-electron chi connectivity index (χ2n) is 11.2. The van der Waals surface area contributed by atoms with Crippen LogP contribution in [0, 0.1) is 5.82 Å². The van der Waals surface area contributed by atoms with Gasteiger partial charge in [0, 0.05) is 57.9 Å². The van der Waals surface area contributed by atoms with Crippen molar-refractivity contribution in [3.05, 3.63) is 57.6 Å². The average molecular weight is 637 g/mol. The average Bonchev–Trinajstić information content (AvgIpc) is 3.75. The Morgan fingerprint density at radius 2 is 1.98 bits per heavy atom. The van der Waals surface area contributed by atoms with E-state index < -0.39 is 5.82 Å². The Hall–Kier alpha value is -4.38. The summed E-state index contributed by atoms with van der Waals surface area (Å²) in [5.41, 5.74) is 7.90. The second-order valence-corrected chi connectivity index (χ2v) is 12.2. The summed E-state index contributed by atoms with van der Waals surface area (Å²) in [6.07, 6.45) is 1.54. The Morgan fingerprint density at radius 1 is 1.16 bits per heavy atom. The lowest BCUT2D eigenvalue weighted by Crippen LogP contribution is -2.49. The van der Waals surface area contributed by atoms with Crippen LogP contribution in [0.25, 0.3) is 27.6 Å². The van der Waals surface area contributed by atoms with Gasteiger partial charge in [-0.2, -0.15) is 9.50 Å².